The fraction of sp³-hybridized carbons (Fsp3) is 1.00. The summed E-state index contributed by atoms with van der Waals surface area (Å²) < 4.78 is 5.36. The van der Waals surface area contributed by atoms with Crippen molar-refractivity contribution in [3.05, 3.63) is 0 Å². The minimum atomic E-state index is 0.199. The summed E-state index contributed by atoms with van der Waals surface area (Å²) in [6, 6.07) is 0.555. The number of rotatable bonds is 5. The molecule has 1 rings (SSSR count). The lowest BCUT2D eigenvalue weighted by atomic mass is 9.81. The molecule has 0 bridgehead atoms. The molecule has 17 heavy (non-hydrogen) atoms. The Bertz CT molecular complexity index is 233. The maximum Gasteiger partial charge on any atom is 0.0711 e. The lowest BCUT2D eigenvalue weighted by molar-refractivity contribution is 0.117. The molecule has 1 aliphatic heterocycles. The van der Waals surface area contributed by atoms with Crippen LogP contribution in [0.25, 0.3) is 0 Å². The molecular weight excluding hydrogens is 212 g/mol. The van der Waals surface area contributed by atoms with E-state index in [9.17, 15) is 0 Å². The molecule has 2 N–H and O–H groups in total. The van der Waals surface area contributed by atoms with Gasteiger partial charge in [0.2, 0.25) is 0 Å². The highest BCUT2D eigenvalue weighted by Gasteiger charge is 2.28. The molecule has 0 aromatic heterocycles. The van der Waals surface area contributed by atoms with Gasteiger partial charge in [-0.1, -0.05) is 20.8 Å². The second kappa shape index (κ2) is 5.68. The first-order valence-corrected chi connectivity index (χ1v) is 6.73. The monoisotopic (exact) mass is 242 g/mol. The van der Waals surface area contributed by atoms with E-state index in [4.69, 9.17) is 4.74 Å². The molecule has 3 heteroatoms. The van der Waals surface area contributed by atoms with Crippen LogP contribution in [0.1, 0.15) is 47.5 Å². The minimum Gasteiger partial charge on any atom is -0.380 e. The van der Waals surface area contributed by atoms with E-state index in [0.29, 0.717) is 17.6 Å². The largest absolute Gasteiger partial charge is 0.380 e. The summed E-state index contributed by atoms with van der Waals surface area (Å²) in [5.41, 5.74) is 0.569. The number of methoxy groups -OCH3 is 1. The molecule has 3 nitrogen and oxygen atoms in total. The normalized spacial score (nSPS) is 26.5. The maximum atomic E-state index is 5.36. The van der Waals surface area contributed by atoms with Gasteiger partial charge < -0.3 is 15.4 Å². The highest BCUT2D eigenvalue weighted by molar-refractivity contribution is 4.88. The van der Waals surface area contributed by atoms with Crippen molar-refractivity contribution in [1.29, 1.82) is 0 Å². The fourth-order valence-electron chi connectivity index (χ4n) is 2.90. The summed E-state index contributed by atoms with van der Waals surface area (Å²) in [4.78, 5) is 0. The van der Waals surface area contributed by atoms with Gasteiger partial charge in [0.1, 0.15) is 0 Å². The van der Waals surface area contributed by atoms with Crippen molar-refractivity contribution in [3.63, 3.8) is 0 Å². The molecule has 0 spiro atoms. The van der Waals surface area contributed by atoms with Crippen molar-refractivity contribution < 1.29 is 4.74 Å². The van der Waals surface area contributed by atoms with Crippen molar-refractivity contribution >= 4 is 0 Å². The van der Waals surface area contributed by atoms with Gasteiger partial charge in [-0.05, 0) is 32.1 Å². The second-order valence-electron chi connectivity index (χ2n) is 7.20. The molecule has 0 radical (unpaired) electrons. The summed E-state index contributed by atoms with van der Waals surface area (Å²) in [6.07, 6.45) is 2.70. The molecular formula is C14H30N2O. The molecule has 0 aromatic rings. The van der Waals surface area contributed by atoms with E-state index in [0.717, 1.165) is 19.5 Å². The average Bonchev–Trinajstić information content (AvgIpc) is 2.58. The molecule has 0 amide bonds. The number of nitrogens with one attached hydrogen (secondary N) is 2. The molecule has 1 saturated heterocycles. The zero-order valence-electron chi connectivity index (χ0n) is 12.4. The van der Waals surface area contributed by atoms with E-state index < -0.39 is 0 Å². The standard InChI is InChI=1S/C14H30N2O/c1-13(2,3)10-14(4,5)16-8-11-7-12(17-6)9-15-11/h11-12,15-16H,7-10H2,1-6H3. The van der Waals surface area contributed by atoms with Crippen molar-refractivity contribution in [2.75, 3.05) is 20.2 Å². The van der Waals surface area contributed by atoms with Gasteiger partial charge in [-0.3, -0.25) is 0 Å². The average molecular weight is 242 g/mol. The Balaban J connectivity index is 2.30. The van der Waals surface area contributed by atoms with E-state index in [1.54, 1.807) is 7.11 Å². The second-order valence-corrected chi connectivity index (χ2v) is 7.20. The van der Waals surface area contributed by atoms with Gasteiger partial charge in [0, 0.05) is 31.8 Å². The van der Waals surface area contributed by atoms with Crippen molar-refractivity contribution in [2.24, 2.45) is 5.41 Å². The van der Waals surface area contributed by atoms with Crippen LogP contribution in [0.15, 0.2) is 0 Å². The van der Waals surface area contributed by atoms with E-state index in [1.807, 2.05) is 0 Å². The summed E-state index contributed by atoms with van der Waals surface area (Å²) in [5.74, 6) is 0. The van der Waals surface area contributed by atoms with Crippen LogP contribution in [0.3, 0.4) is 0 Å². The summed E-state index contributed by atoms with van der Waals surface area (Å²) >= 11 is 0. The third-order valence-electron chi connectivity index (χ3n) is 3.31. The Morgan fingerprint density at radius 2 is 1.88 bits per heavy atom. The van der Waals surface area contributed by atoms with Crippen LogP contribution in [0.5, 0.6) is 0 Å². The topological polar surface area (TPSA) is 33.3 Å². The van der Waals surface area contributed by atoms with Crippen LogP contribution in [0.4, 0.5) is 0 Å². The third kappa shape index (κ3) is 5.84. The molecule has 2 unspecified atom stereocenters. The van der Waals surface area contributed by atoms with Crippen LogP contribution in [-0.2, 0) is 4.74 Å². The Labute approximate surface area is 107 Å². The zero-order chi connectivity index (χ0) is 13.1. The van der Waals surface area contributed by atoms with Gasteiger partial charge in [0.15, 0.2) is 0 Å². The third-order valence-corrected chi connectivity index (χ3v) is 3.31. The first-order chi connectivity index (χ1) is 7.72. The lowest BCUT2D eigenvalue weighted by Gasteiger charge is -2.34. The van der Waals surface area contributed by atoms with Crippen LogP contribution in [0.2, 0.25) is 0 Å². The highest BCUT2D eigenvalue weighted by atomic mass is 16.5. The van der Waals surface area contributed by atoms with Crippen molar-refractivity contribution in [2.45, 2.75) is 65.1 Å². The van der Waals surface area contributed by atoms with Crippen LogP contribution < -0.4 is 10.6 Å². The Hall–Kier alpha value is -0.120. The van der Waals surface area contributed by atoms with Crippen LogP contribution in [-0.4, -0.2) is 37.9 Å². The Kier molecular flexibility index (Phi) is 4.99. The van der Waals surface area contributed by atoms with Gasteiger partial charge in [0.05, 0.1) is 6.10 Å². The molecule has 102 valence electrons. The van der Waals surface area contributed by atoms with Crippen molar-refractivity contribution in [1.82, 2.24) is 10.6 Å². The fourth-order valence-corrected chi connectivity index (χ4v) is 2.90. The Morgan fingerprint density at radius 1 is 1.24 bits per heavy atom. The predicted molar refractivity (Wildman–Crippen MR) is 73.4 cm³/mol. The van der Waals surface area contributed by atoms with Gasteiger partial charge in [-0.25, -0.2) is 0 Å². The van der Waals surface area contributed by atoms with Gasteiger partial charge in [-0.2, -0.15) is 0 Å². The first-order valence-electron chi connectivity index (χ1n) is 6.73. The zero-order valence-corrected chi connectivity index (χ0v) is 12.4. The van der Waals surface area contributed by atoms with Gasteiger partial charge >= 0.3 is 0 Å². The smallest absolute Gasteiger partial charge is 0.0711 e. The molecule has 0 aliphatic carbocycles. The minimum absolute atomic E-state index is 0.199. The lowest BCUT2D eigenvalue weighted by Crippen LogP contribution is -2.47. The predicted octanol–water partition coefficient (Wildman–Crippen LogP) is 2.17. The number of hydrogen-bond acceptors (Lipinski definition) is 3. The van der Waals surface area contributed by atoms with E-state index in [1.165, 1.54) is 6.42 Å². The van der Waals surface area contributed by atoms with E-state index in [-0.39, 0.29) is 5.54 Å². The van der Waals surface area contributed by atoms with Crippen molar-refractivity contribution in [3.8, 4) is 0 Å². The van der Waals surface area contributed by atoms with Crippen LogP contribution >= 0.6 is 0 Å². The summed E-state index contributed by atoms with van der Waals surface area (Å²) in [7, 11) is 1.80. The Morgan fingerprint density at radius 3 is 2.35 bits per heavy atom. The molecule has 0 aromatic carbocycles. The molecule has 0 saturated carbocycles. The molecule has 1 aliphatic rings. The highest BCUT2D eigenvalue weighted by Crippen LogP contribution is 2.26. The van der Waals surface area contributed by atoms with Gasteiger partial charge in [0.25, 0.3) is 0 Å². The van der Waals surface area contributed by atoms with Crippen LogP contribution in [0, 0.1) is 5.41 Å². The van der Waals surface area contributed by atoms with E-state index in [2.05, 4.69) is 45.3 Å². The number of hydrogen-bond donors (Lipinski definition) is 2. The maximum absolute atomic E-state index is 5.36. The summed E-state index contributed by atoms with van der Waals surface area (Å²) in [6.45, 7) is 13.5. The number of ether oxygens (including phenoxy) is 1. The van der Waals surface area contributed by atoms with Gasteiger partial charge in [-0.15, -0.1) is 0 Å². The molecule has 1 heterocycles. The first kappa shape index (κ1) is 14.9. The SMILES string of the molecule is COC1CNC(CNC(C)(C)CC(C)(C)C)C1. The summed E-state index contributed by atoms with van der Waals surface area (Å²) in [5, 5.41) is 7.19. The quantitative estimate of drug-likeness (QED) is 0.775. The molecule has 1 fully saturated rings. The molecule has 2 atom stereocenters. The van der Waals surface area contributed by atoms with E-state index >= 15 is 0 Å².